The molecule has 0 N–H and O–H groups in total. The Morgan fingerprint density at radius 2 is 1.48 bits per heavy atom. The second kappa shape index (κ2) is 10.9. The molecule has 0 unspecified atom stereocenters. The summed E-state index contributed by atoms with van der Waals surface area (Å²) in [6, 6.07) is 0. The van der Waals surface area contributed by atoms with Crippen molar-refractivity contribution in [1.29, 1.82) is 0 Å². The standard InChI is InChI=1S/C19H24O12/c1-9(20)26-8-14-15(28-10(2)21)16(29-11(3)22)17(30-12(4)23)19(31-14)27-7-13-5-6-25-18(13)24/h5,14-17,19H,6-8H2,1-4H3/t14-,15-,16+,17-,19-/m1/s1. The molecule has 2 aliphatic heterocycles. The minimum absolute atomic E-state index is 0.0934. The van der Waals surface area contributed by atoms with E-state index in [0.29, 0.717) is 0 Å². The zero-order chi connectivity index (χ0) is 23.1. The maximum Gasteiger partial charge on any atom is 0.336 e. The van der Waals surface area contributed by atoms with Crippen molar-refractivity contribution in [3.05, 3.63) is 11.6 Å². The van der Waals surface area contributed by atoms with E-state index < -0.39 is 60.6 Å². The average molecular weight is 444 g/mol. The summed E-state index contributed by atoms with van der Waals surface area (Å²) in [5, 5.41) is 0. The van der Waals surface area contributed by atoms with Gasteiger partial charge in [-0.25, -0.2) is 4.79 Å². The van der Waals surface area contributed by atoms with Gasteiger partial charge >= 0.3 is 29.8 Å². The minimum atomic E-state index is -1.35. The van der Waals surface area contributed by atoms with Crippen LogP contribution in [0.15, 0.2) is 11.6 Å². The fraction of sp³-hybridized carbons (Fsp3) is 0.632. The lowest BCUT2D eigenvalue weighted by Crippen LogP contribution is -2.63. The predicted molar refractivity (Wildman–Crippen MR) is 97.0 cm³/mol. The molecule has 0 aromatic rings. The van der Waals surface area contributed by atoms with Gasteiger partial charge in [0.1, 0.15) is 19.3 Å². The molecule has 172 valence electrons. The highest BCUT2D eigenvalue weighted by atomic mass is 16.7. The molecule has 0 aromatic carbocycles. The Bertz CT molecular complexity index is 757. The van der Waals surface area contributed by atoms with Crippen LogP contribution >= 0.6 is 0 Å². The summed E-state index contributed by atoms with van der Waals surface area (Å²) in [5.74, 6) is -3.45. The van der Waals surface area contributed by atoms with Crippen molar-refractivity contribution >= 4 is 29.8 Å². The van der Waals surface area contributed by atoms with Crippen LogP contribution in [0, 0.1) is 0 Å². The van der Waals surface area contributed by atoms with Crippen molar-refractivity contribution < 1.29 is 57.1 Å². The van der Waals surface area contributed by atoms with E-state index in [1.807, 2.05) is 0 Å². The molecule has 31 heavy (non-hydrogen) atoms. The highest BCUT2D eigenvalue weighted by Crippen LogP contribution is 2.30. The molecular formula is C19H24O12. The molecule has 0 amide bonds. The monoisotopic (exact) mass is 444 g/mol. The SMILES string of the molecule is CC(=O)OC[C@H]1O[C@@H](OCC2=CCOC2=O)[C@H](OC(C)=O)[C@@H](OC(C)=O)[C@@H]1OC(C)=O. The van der Waals surface area contributed by atoms with Crippen LogP contribution in [0.5, 0.6) is 0 Å². The summed E-state index contributed by atoms with van der Waals surface area (Å²) < 4.78 is 36.9. The van der Waals surface area contributed by atoms with Crippen LogP contribution in [-0.2, 0) is 57.1 Å². The molecule has 2 heterocycles. The van der Waals surface area contributed by atoms with Gasteiger partial charge in [0.25, 0.3) is 0 Å². The molecule has 2 rings (SSSR count). The Labute approximate surface area is 177 Å². The maximum absolute atomic E-state index is 11.7. The van der Waals surface area contributed by atoms with Gasteiger partial charge in [0, 0.05) is 27.7 Å². The van der Waals surface area contributed by atoms with Crippen molar-refractivity contribution in [2.75, 3.05) is 19.8 Å². The fourth-order valence-corrected chi connectivity index (χ4v) is 3.01. The van der Waals surface area contributed by atoms with Gasteiger partial charge in [-0.05, 0) is 6.08 Å². The number of ether oxygens (including phenoxy) is 7. The lowest BCUT2D eigenvalue weighted by atomic mass is 9.98. The van der Waals surface area contributed by atoms with E-state index in [4.69, 9.17) is 33.2 Å². The molecule has 2 aliphatic rings. The van der Waals surface area contributed by atoms with Crippen molar-refractivity contribution in [3.63, 3.8) is 0 Å². The molecule has 1 fully saturated rings. The van der Waals surface area contributed by atoms with Crippen LogP contribution in [-0.4, -0.2) is 80.4 Å². The van der Waals surface area contributed by atoms with E-state index in [2.05, 4.69) is 0 Å². The van der Waals surface area contributed by atoms with Gasteiger partial charge in [0.2, 0.25) is 0 Å². The largest absolute Gasteiger partial charge is 0.463 e. The summed E-state index contributed by atoms with van der Waals surface area (Å²) in [6.45, 7) is 3.98. The highest BCUT2D eigenvalue weighted by Gasteiger charge is 2.52. The van der Waals surface area contributed by atoms with Crippen LogP contribution in [0.1, 0.15) is 27.7 Å². The lowest BCUT2D eigenvalue weighted by molar-refractivity contribution is -0.306. The van der Waals surface area contributed by atoms with Crippen molar-refractivity contribution in [2.24, 2.45) is 0 Å². The van der Waals surface area contributed by atoms with Gasteiger partial charge in [0.05, 0.1) is 12.2 Å². The molecule has 1 saturated heterocycles. The van der Waals surface area contributed by atoms with E-state index >= 15 is 0 Å². The van der Waals surface area contributed by atoms with Gasteiger partial charge in [-0.15, -0.1) is 0 Å². The van der Waals surface area contributed by atoms with Gasteiger partial charge in [-0.2, -0.15) is 0 Å². The Balaban J connectivity index is 2.34. The first kappa shape index (κ1) is 24.3. The lowest BCUT2D eigenvalue weighted by Gasteiger charge is -2.44. The van der Waals surface area contributed by atoms with Crippen LogP contribution < -0.4 is 0 Å². The Hall–Kier alpha value is -2.99. The molecule has 0 spiro atoms. The summed E-state index contributed by atoms with van der Waals surface area (Å²) in [4.78, 5) is 58.0. The van der Waals surface area contributed by atoms with Crippen LogP contribution in [0.4, 0.5) is 0 Å². The summed E-state index contributed by atoms with van der Waals surface area (Å²) in [6.07, 6.45) is -4.94. The second-order valence-corrected chi connectivity index (χ2v) is 6.71. The number of rotatable bonds is 8. The third kappa shape index (κ3) is 7.03. The van der Waals surface area contributed by atoms with Gasteiger partial charge in [0.15, 0.2) is 24.6 Å². The second-order valence-electron chi connectivity index (χ2n) is 6.71. The van der Waals surface area contributed by atoms with Crippen molar-refractivity contribution in [1.82, 2.24) is 0 Å². The van der Waals surface area contributed by atoms with Crippen LogP contribution in [0.25, 0.3) is 0 Å². The molecule has 5 atom stereocenters. The first-order valence-electron chi connectivity index (χ1n) is 9.36. The van der Waals surface area contributed by atoms with E-state index in [0.717, 1.165) is 20.8 Å². The van der Waals surface area contributed by atoms with E-state index in [-0.39, 0.29) is 25.4 Å². The molecule has 12 heteroatoms. The molecule has 0 radical (unpaired) electrons. The number of cyclic esters (lactones) is 1. The quantitative estimate of drug-likeness (QED) is 0.353. The Morgan fingerprint density at radius 1 is 0.903 bits per heavy atom. The van der Waals surface area contributed by atoms with E-state index in [1.165, 1.54) is 13.0 Å². The van der Waals surface area contributed by atoms with Gasteiger partial charge in [-0.1, -0.05) is 0 Å². The summed E-state index contributed by atoms with van der Waals surface area (Å²) in [7, 11) is 0. The fourth-order valence-electron chi connectivity index (χ4n) is 3.01. The van der Waals surface area contributed by atoms with Crippen LogP contribution in [0.2, 0.25) is 0 Å². The van der Waals surface area contributed by atoms with Gasteiger partial charge < -0.3 is 33.2 Å². The molecule has 12 nitrogen and oxygen atoms in total. The molecule has 0 aliphatic carbocycles. The first-order valence-corrected chi connectivity index (χ1v) is 9.36. The summed E-state index contributed by atoms with van der Waals surface area (Å²) >= 11 is 0. The van der Waals surface area contributed by atoms with Crippen molar-refractivity contribution in [3.8, 4) is 0 Å². The molecular weight excluding hydrogens is 420 g/mol. The number of carbonyl (C=O) groups is 5. The first-order chi connectivity index (χ1) is 14.6. The topological polar surface area (TPSA) is 150 Å². The molecule has 0 bridgehead atoms. The average Bonchev–Trinajstić information content (AvgIpc) is 3.06. The Morgan fingerprint density at radius 3 is 2.00 bits per heavy atom. The normalized spacial score (nSPS) is 27.5. The Kier molecular flexibility index (Phi) is 8.51. The number of hydrogen-bond acceptors (Lipinski definition) is 12. The smallest absolute Gasteiger partial charge is 0.336 e. The maximum atomic E-state index is 11.7. The predicted octanol–water partition coefficient (Wildman–Crippen LogP) is -0.431. The number of carbonyl (C=O) groups excluding carboxylic acids is 5. The third-order valence-corrected chi connectivity index (χ3v) is 4.16. The molecule has 0 aromatic heterocycles. The van der Waals surface area contributed by atoms with Crippen LogP contribution in [0.3, 0.4) is 0 Å². The van der Waals surface area contributed by atoms with E-state index in [1.54, 1.807) is 0 Å². The zero-order valence-corrected chi connectivity index (χ0v) is 17.5. The van der Waals surface area contributed by atoms with Gasteiger partial charge in [-0.3, -0.25) is 19.2 Å². The number of hydrogen-bond donors (Lipinski definition) is 0. The number of esters is 5. The van der Waals surface area contributed by atoms with Crippen molar-refractivity contribution in [2.45, 2.75) is 58.4 Å². The van der Waals surface area contributed by atoms with E-state index in [9.17, 15) is 24.0 Å². The molecule has 0 saturated carbocycles. The summed E-state index contributed by atoms with van der Waals surface area (Å²) in [5.41, 5.74) is 0.216. The highest BCUT2D eigenvalue weighted by molar-refractivity contribution is 5.90. The zero-order valence-electron chi connectivity index (χ0n) is 17.5. The third-order valence-electron chi connectivity index (χ3n) is 4.16. The minimum Gasteiger partial charge on any atom is -0.463 e.